The van der Waals surface area contributed by atoms with Gasteiger partial charge in [-0.1, -0.05) is 0 Å². The minimum absolute atomic E-state index is 0.0157. The third-order valence-corrected chi connectivity index (χ3v) is 3.54. The molecule has 6 heteroatoms. The lowest BCUT2D eigenvalue weighted by Gasteiger charge is -2.42. The maximum absolute atomic E-state index is 12.0. The number of carbonyl (C=O) groups excluding carboxylic acids is 2. The van der Waals surface area contributed by atoms with Crippen LogP contribution < -0.4 is 5.32 Å². The van der Waals surface area contributed by atoms with Gasteiger partial charge < -0.3 is 10.1 Å². The molecule has 1 aromatic rings. The average molecular weight is 263 g/mol. The van der Waals surface area contributed by atoms with Gasteiger partial charge in [-0.2, -0.15) is 5.10 Å². The predicted molar refractivity (Wildman–Crippen MR) is 67.4 cm³/mol. The number of carbonyl (C=O) groups is 2. The summed E-state index contributed by atoms with van der Waals surface area (Å²) in [5, 5.41) is 10.4. The molecule has 0 saturated heterocycles. The zero-order chi connectivity index (χ0) is 14.0. The summed E-state index contributed by atoms with van der Waals surface area (Å²) >= 11 is 0. The highest BCUT2D eigenvalue weighted by atomic mass is 16.5. The fourth-order valence-electron chi connectivity index (χ4n) is 2.42. The van der Waals surface area contributed by atoms with E-state index in [1.165, 1.54) is 7.11 Å². The Balaban J connectivity index is 1.93. The van der Waals surface area contributed by atoms with E-state index in [2.05, 4.69) is 15.5 Å². The quantitative estimate of drug-likeness (QED) is 0.818. The number of aromatic nitrogens is 2. The van der Waals surface area contributed by atoms with Crippen LogP contribution in [0.4, 0.5) is 0 Å². The molecule has 0 bridgehead atoms. The zero-order valence-corrected chi connectivity index (χ0v) is 11.3. The van der Waals surface area contributed by atoms with E-state index in [0.717, 1.165) is 5.56 Å². The third kappa shape index (κ3) is 2.57. The lowest BCUT2D eigenvalue weighted by molar-refractivity contribution is -0.158. The summed E-state index contributed by atoms with van der Waals surface area (Å²) in [5.74, 6) is -0.476. The summed E-state index contributed by atoms with van der Waals surface area (Å²) in [7, 11) is 1.38. The summed E-state index contributed by atoms with van der Waals surface area (Å²) in [6.07, 6.45) is 2.72. The van der Waals surface area contributed by atoms with Crippen molar-refractivity contribution in [2.75, 3.05) is 7.11 Å². The number of rotatable bonds is 3. The second-order valence-electron chi connectivity index (χ2n) is 5.19. The largest absolute Gasteiger partial charge is 0.469 e. The molecule has 0 aromatic carbocycles. The number of aryl methyl sites for hydroxylation is 1. The van der Waals surface area contributed by atoms with Crippen molar-refractivity contribution in [3.63, 3.8) is 0 Å². The second-order valence-corrected chi connectivity index (χ2v) is 5.19. The summed E-state index contributed by atoms with van der Waals surface area (Å²) < 4.78 is 4.74. The number of amides is 1. The van der Waals surface area contributed by atoms with Gasteiger partial charge >= 0.3 is 5.97 Å². The maximum atomic E-state index is 12.0. The van der Waals surface area contributed by atoms with Crippen LogP contribution in [0.2, 0.25) is 0 Å². The van der Waals surface area contributed by atoms with Gasteiger partial charge in [0.2, 0.25) is 0 Å². The van der Waals surface area contributed by atoms with Gasteiger partial charge in [0.15, 0.2) is 5.69 Å². The van der Waals surface area contributed by atoms with Gasteiger partial charge in [-0.15, -0.1) is 5.10 Å². The first-order valence-electron chi connectivity index (χ1n) is 6.14. The van der Waals surface area contributed by atoms with Crippen molar-refractivity contribution in [1.82, 2.24) is 15.5 Å². The van der Waals surface area contributed by atoms with E-state index in [0.29, 0.717) is 18.5 Å². The summed E-state index contributed by atoms with van der Waals surface area (Å²) in [4.78, 5) is 23.5. The highest BCUT2D eigenvalue weighted by Gasteiger charge is 2.47. The van der Waals surface area contributed by atoms with Crippen LogP contribution in [-0.2, 0) is 9.53 Å². The van der Waals surface area contributed by atoms with Crippen molar-refractivity contribution in [1.29, 1.82) is 0 Å². The van der Waals surface area contributed by atoms with Gasteiger partial charge in [0, 0.05) is 12.2 Å². The van der Waals surface area contributed by atoms with Crippen LogP contribution in [0.15, 0.2) is 12.3 Å². The molecule has 0 spiro atoms. The SMILES string of the molecule is COC(=O)C1(C)CC(NC(=O)c2nnccc2C)C1. The van der Waals surface area contributed by atoms with Crippen LogP contribution in [0.1, 0.15) is 35.8 Å². The van der Waals surface area contributed by atoms with Crippen molar-refractivity contribution in [2.45, 2.75) is 32.7 Å². The molecular formula is C13H17N3O3. The van der Waals surface area contributed by atoms with Crippen LogP contribution in [0.5, 0.6) is 0 Å². The third-order valence-electron chi connectivity index (χ3n) is 3.54. The van der Waals surface area contributed by atoms with Gasteiger partial charge in [-0.3, -0.25) is 9.59 Å². The van der Waals surface area contributed by atoms with Gasteiger partial charge in [-0.25, -0.2) is 0 Å². The highest BCUT2D eigenvalue weighted by Crippen LogP contribution is 2.41. The van der Waals surface area contributed by atoms with Crippen LogP contribution in [0.25, 0.3) is 0 Å². The molecule has 1 aliphatic rings. The van der Waals surface area contributed by atoms with Gasteiger partial charge in [0.05, 0.1) is 12.5 Å². The number of hydrogen-bond acceptors (Lipinski definition) is 5. The topological polar surface area (TPSA) is 81.2 Å². The van der Waals surface area contributed by atoms with Crippen molar-refractivity contribution < 1.29 is 14.3 Å². The molecule has 102 valence electrons. The summed E-state index contributed by atoms with van der Waals surface area (Å²) in [6.45, 7) is 3.65. The average Bonchev–Trinajstić information content (AvgIpc) is 2.36. The van der Waals surface area contributed by atoms with E-state index in [4.69, 9.17) is 4.74 Å². The molecular weight excluding hydrogens is 246 g/mol. The van der Waals surface area contributed by atoms with Crippen LogP contribution in [0, 0.1) is 12.3 Å². The molecule has 0 atom stereocenters. The molecule has 0 unspecified atom stereocenters. The van der Waals surface area contributed by atoms with E-state index in [9.17, 15) is 9.59 Å². The Morgan fingerprint density at radius 1 is 1.47 bits per heavy atom. The van der Waals surface area contributed by atoms with Gasteiger partial charge in [0.25, 0.3) is 5.91 Å². The molecule has 0 radical (unpaired) electrons. The Bertz CT molecular complexity index is 510. The van der Waals surface area contributed by atoms with E-state index in [-0.39, 0.29) is 17.9 Å². The minimum Gasteiger partial charge on any atom is -0.469 e. The number of hydrogen-bond donors (Lipinski definition) is 1. The first-order valence-corrected chi connectivity index (χ1v) is 6.14. The Labute approximate surface area is 111 Å². The van der Waals surface area contributed by atoms with E-state index < -0.39 is 5.41 Å². The summed E-state index contributed by atoms with van der Waals surface area (Å²) in [6, 6.07) is 1.72. The Hall–Kier alpha value is -1.98. The van der Waals surface area contributed by atoms with Crippen LogP contribution in [0.3, 0.4) is 0 Å². The molecule has 19 heavy (non-hydrogen) atoms. The number of methoxy groups -OCH3 is 1. The lowest BCUT2D eigenvalue weighted by atomic mass is 9.67. The van der Waals surface area contributed by atoms with E-state index >= 15 is 0 Å². The molecule has 6 nitrogen and oxygen atoms in total. The molecule has 1 aliphatic carbocycles. The normalized spacial score (nSPS) is 25.3. The maximum Gasteiger partial charge on any atom is 0.311 e. The molecule has 1 aromatic heterocycles. The molecule has 1 heterocycles. The van der Waals surface area contributed by atoms with E-state index in [1.807, 2.05) is 13.8 Å². The van der Waals surface area contributed by atoms with Gasteiger partial charge in [-0.05, 0) is 38.3 Å². The first-order chi connectivity index (χ1) is 8.96. The molecule has 2 rings (SSSR count). The molecule has 1 N–H and O–H groups in total. The van der Waals surface area contributed by atoms with Gasteiger partial charge in [0.1, 0.15) is 0 Å². The van der Waals surface area contributed by atoms with Crippen molar-refractivity contribution in [3.8, 4) is 0 Å². The molecule has 1 fully saturated rings. The number of ether oxygens (including phenoxy) is 1. The van der Waals surface area contributed by atoms with Crippen LogP contribution in [-0.4, -0.2) is 35.2 Å². The predicted octanol–water partition coefficient (Wildman–Crippen LogP) is 0.857. The second kappa shape index (κ2) is 4.95. The smallest absolute Gasteiger partial charge is 0.311 e. The highest BCUT2D eigenvalue weighted by molar-refractivity contribution is 5.93. The zero-order valence-electron chi connectivity index (χ0n) is 11.3. The van der Waals surface area contributed by atoms with Crippen molar-refractivity contribution in [2.24, 2.45) is 5.41 Å². The minimum atomic E-state index is -0.482. The number of nitrogens with zero attached hydrogens (tertiary/aromatic N) is 2. The number of nitrogens with one attached hydrogen (secondary N) is 1. The summed E-state index contributed by atoms with van der Waals surface area (Å²) in [5.41, 5.74) is 0.626. The van der Waals surface area contributed by atoms with E-state index in [1.54, 1.807) is 12.3 Å². The Morgan fingerprint density at radius 2 is 2.16 bits per heavy atom. The first kappa shape index (κ1) is 13.5. The Morgan fingerprint density at radius 3 is 2.74 bits per heavy atom. The molecule has 0 aliphatic heterocycles. The van der Waals surface area contributed by atoms with Crippen molar-refractivity contribution in [3.05, 3.63) is 23.5 Å². The molecule has 1 amide bonds. The Kier molecular flexibility index (Phi) is 3.50. The fourth-order valence-corrected chi connectivity index (χ4v) is 2.42. The standard InChI is InChI=1S/C13H17N3O3/c1-8-4-5-14-16-10(8)11(17)15-9-6-13(2,7-9)12(18)19-3/h4-5,9H,6-7H2,1-3H3,(H,15,17). The molecule has 1 saturated carbocycles. The monoisotopic (exact) mass is 263 g/mol. The van der Waals surface area contributed by atoms with Crippen molar-refractivity contribution >= 4 is 11.9 Å². The lowest BCUT2D eigenvalue weighted by Crippen LogP contribution is -2.53. The fraction of sp³-hybridized carbons (Fsp3) is 0.538. The van der Waals surface area contributed by atoms with Crippen LogP contribution >= 0.6 is 0 Å². The number of esters is 1.